The van der Waals surface area contributed by atoms with Crippen molar-refractivity contribution in [1.82, 2.24) is 0 Å². The first kappa shape index (κ1) is 9.06. The summed E-state index contributed by atoms with van der Waals surface area (Å²) >= 11 is 0. The van der Waals surface area contributed by atoms with Crippen molar-refractivity contribution in [2.45, 2.75) is 25.8 Å². The lowest BCUT2D eigenvalue weighted by molar-refractivity contribution is -0.137. The lowest BCUT2D eigenvalue weighted by atomic mass is 10.1. The van der Waals surface area contributed by atoms with Gasteiger partial charge in [0.1, 0.15) is 6.04 Å². The van der Waals surface area contributed by atoms with Crippen LogP contribution in [-0.2, 0) is 17.6 Å². The van der Waals surface area contributed by atoms with Gasteiger partial charge in [-0.3, -0.25) is 0 Å². The molecule has 1 aromatic carbocycles. The van der Waals surface area contributed by atoms with Gasteiger partial charge in [-0.2, -0.15) is 0 Å². The van der Waals surface area contributed by atoms with E-state index >= 15 is 0 Å². The molecule has 1 aliphatic heterocycles. The first-order valence-corrected chi connectivity index (χ1v) is 4.82. The lowest BCUT2D eigenvalue weighted by Crippen LogP contribution is -2.26. The maximum atomic E-state index is 10.8. The standard InChI is InChI=1S/C11H13NO2/c1-2-7-3-4-9-8(5-7)6-10(12-9)11(13)14/h3-5,10,12H,2,6H2,1H3,(H,13,14)/t10-/m0/s1. The third-order valence-electron chi connectivity index (χ3n) is 2.63. The highest BCUT2D eigenvalue weighted by Crippen LogP contribution is 2.26. The molecule has 2 N–H and O–H groups in total. The van der Waals surface area contributed by atoms with E-state index in [4.69, 9.17) is 5.11 Å². The Hall–Kier alpha value is -1.51. The SMILES string of the molecule is CCc1ccc2c(c1)C[C@@H](C(=O)O)N2. The summed E-state index contributed by atoms with van der Waals surface area (Å²) in [6, 6.07) is 5.65. The van der Waals surface area contributed by atoms with Crippen molar-refractivity contribution in [2.24, 2.45) is 0 Å². The van der Waals surface area contributed by atoms with Crippen LogP contribution in [0.5, 0.6) is 0 Å². The van der Waals surface area contributed by atoms with Gasteiger partial charge in [0, 0.05) is 12.1 Å². The highest BCUT2D eigenvalue weighted by atomic mass is 16.4. The molecule has 0 aliphatic carbocycles. The Morgan fingerprint density at radius 1 is 1.64 bits per heavy atom. The van der Waals surface area contributed by atoms with Crippen LogP contribution in [0.4, 0.5) is 5.69 Å². The molecule has 0 unspecified atom stereocenters. The van der Waals surface area contributed by atoms with E-state index in [9.17, 15) is 4.79 Å². The number of anilines is 1. The molecule has 74 valence electrons. The van der Waals surface area contributed by atoms with Gasteiger partial charge in [-0.1, -0.05) is 19.1 Å². The van der Waals surface area contributed by atoms with E-state index in [0.717, 1.165) is 17.7 Å². The molecule has 0 radical (unpaired) electrons. The number of carboxylic acids is 1. The van der Waals surface area contributed by atoms with Gasteiger partial charge >= 0.3 is 5.97 Å². The zero-order valence-electron chi connectivity index (χ0n) is 8.08. The van der Waals surface area contributed by atoms with Crippen LogP contribution in [0.3, 0.4) is 0 Å². The molecule has 0 spiro atoms. The van der Waals surface area contributed by atoms with Gasteiger partial charge in [-0.25, -0.2) is 4.79 Å². The molecule has 14 heavy (non-hydrogen) atoms. The van der Waals surface area contributed by atoms with E-state index < -0.39 is 12.0 Å². The summed E-state index contributed by atoms with van der Waals surface area (Å²) in [6.45, 7) is 2.10. The summed E-state index contributed by atoms with van der Waals surface area (Å²) in [5, 5.41) is 11.8. The highest BCUT2D eigenvalue weighted by molar-refractivity contribution is 5.81. The molecule has 0 aromatic heterocycles. The number of aryl methyl sites for hydroxylation is 1. The Morgan fingerprint density at radius 3 is 3.07 bits per heavy atom. The van der Waals surface area contributed by atoms with Crippen LogP contribution in [0.2, 0.25) is 0 Å². The molecular weight excluding hydrogens is 178 g/mol. The summed E-state index contributed by atoms with van der Waals surface area (Å²) in [5.74, 6) is -0.778. The molecule has 1 atom stereocenters. The van der Waals surface area contributed by atoms with Crippen molar-refractivity contribution in [3.8, 4) is 0 Å². The molecule has 3 heteroatoms. The predicted octanol–water partition coefficient (Wildman–Crippen LogP) is 1.67. The van der Waals surface area contributed by atoms with E-state index in [1.54, 1.807) is 0 Å². The molecule has 0 fully saturated rings. The van der Waals surface area contributed by atoms with Gasteiger partial charge in [0.05, 0.1) is 0 Å². The van der Waals surface area contributed by atoms with Crippen molar-refractivity contribution in [2.75, 3.05) is 5.32 Å². The largest absolute Gasteiger partial charge is 0.480 e. The van der Waals surface area contributed by atoms with Crippen molar-refractivity contribution in [1.29, 1.82) is 0 Å². The third kappa shape index (κ3) is 1.45. The van der Waals surface area contributed by atoms with Crippen molar-refractivity contribution >= 4 is 11.7 Å². The molecule has 3 nitrogen and oxygen atoms in total. The van der Waals surface area contributed by atoms with Crippen LogP contribution in [0.1, 0.15) is 18.1 Å². The van der Waals surface area contributed by atoms with Gasteiger partial charge < -0.3 is 10.4 Å². The first-order chi connectivity index (χ1) is 6.70. The zero-order chi connectivity index (χ0) is 10.1. The van der Waals surface area contributed by atoms with Crippen LogP contribution >= 0.6 is 0 Å². The Morgan fingerprint density at radius 2 is 2.43 bits per heavy atom. The number of aliphatic carboxylic acids is 1. The summed E-state index contributed by atoms with van der Waals surface area (Å²) in [7, 11) is 0. The minimum Gasteiger partial charge on any atom is -0.480 e. The Labute approximate surface area is 82.8 Å². The van der Waals surface area contributed by atoms with Crippen molar-refractivity contribution in [3.05, 3.63) is 29.3 Å². The minimum absolute atomic E-state index is 0.447. The van der Waals surface area contributed by atoms with Gasteiger partial charge in [0.2, 0.25) is 0 Å². The zero-order valence-corrected chi connectivity index (χ0v) is 8.08. The van der Waals surface area contributed by atoms with Crippen molar-refractivity contribution in [3.63, 3.8) is 0 Å². The third-order valence-corrected chi connectivity index (χ3v) is 2.63. The summed E-state index contributed by atoms with van der Waals surface area (Å²) < 4.78 is 0. The number of hydrogen-bond donors (Lipinski definition) is 2. The second-order valence-corrected chi connectivity index (χ2v) is 3.58. The number of carbonyl (C=O) groups is 1. The summed E-state index contributed by atoms with van der Waals surface area (Å²) in [5.41, 5.74) is 3.35. The molecular formula is C11H13NO2. The maximum absolute atomic E-state index is 10.8. The second-order valence-electron chi connectivity index (χ2n) is 3.58. The van der Waals surface area contributed by atoms with E-state index in [1.165, 1.54) is 5.56 Å². The molecule has 0 saturated heterocycles. The lowest BCUT2D eigenvalue weighted by Gasteiger charge is -2.03. The second kappa shape index (κ2) is 3.33. The number of fused-ring (bicyclic) bond motifs is 1. The normalized spacial score (nSPS) is 18.8. The number of nitrogens with one attached hydrogen (secondary N) is 1. The Kier molecular flexibility index (Phi) is 2.15. The number of benzene rings is 1. The molecule has 0 amide bonds. The molecule has 2 rings (SSSR count). The van der Waals surface area contributed by atoms with Crippen LogP contribution in [0, 0.1) is 0 Å². The van der Waals surface area contributed by atoms with Crippen LogP contribution in [0.25, 0.3) is 0 Å². The van der Waals surface area contributed by atoms with Gasteiger partial charge in [0.25, 0.3) is 0 Å². The fourth-order valence-corrected chi connectivity index (χ4v) is 1.78. The smallest absolute Gasteiger partial charge is 0.326 e. The molecule has 1 aliphatic rings. The van der Waals surface area contributed by atoms with Crippen LogP contribution < -0.4 is 5.32 Å². The number of carboxylic acid groups (broad SMARTS) is 1. The average Bonchev–Trinajstić information content (AvgIpc) is 2.59. The fraction of sp³-hybridized carbons (Fsp3) is 0.364. The molecule has 0 bridgehead atoms. The Balaban J connectivity index is 2.27. The minimum atomic E-state index is -0.778. The number of hydrogen-bond acceptors (Lipinski definition) is 2. The van der Waals surface area contributed by atoms with E-state index in [2.05, 4.69) is 18.3 Å². The Bertz CT molecular complexity index is 374. The quantitative estimate of drug-likeness (QED) is 0.747. The monoisotopic (exact) mass is 191 g/mol. The molecule has 1 heterocycles. The van der Waals surface area contributed by atoms with Crippen LogP contribution in [-0.4, -0.2) is 17.1 Å². The first-order valence-electron chi connectivity index (χ1n) is 4.82. The summed E-state index contributed by atoms with van der Waals surface area (Å²) in [4.78, 5) is 10.8. The summed E-state index contributed by atoms with van der Waals surface area (Å²) in [6.07, 6.45) is 1.59. The fourth-order valence-electron chi connectivity index (χ4n) is 1.78. The van der Waals surface area contributed by atoms with Gasteiger partial charge in [-0.05, 0) is 23.6 Å². The van der Waals surface area contributed by atoms with E-state index in [1.807, 2.05) is 12.1 Å². The molecule has 0 saturated carbocycles. The number of rotatable bonds is 2. The van der Waals surface area contributed by atoms with E-state index in [-0.39, 0.29) is 0 Å². The van der Waals surface area contributed by atoms with E-state index in [0.29, 0.717) is 6.42 Å². The molecule has 1 aromatic rings. The topological polar surface area (TPSA) is 49.3 Å². The van der Waals surface area contributed by atoms with Gasteiger partial charge in [0.15, 0.2) is 0 Å². The predicted molar refractivity (Wildman–Crippen MR) is 54.6 cm³/mol. The van der Waals surface area contributed by atoms with Gasteiger partial charge in [-0.15, -0.1) is 0 Å². The van der Waals surface area contributed by atoms with Crippen molar-refractivity contribution < 1.29 is 9.90 Å². The van der Waals surface area contributed by atoms with Crippen LogP contribution in [0.15, 0.2) is 18.2 Å². The maximum Gasteiger partial charge on any atom is 0.326 e. The average molecular weight is 191 g/mol. The highest BCUT2D eigenvalue weighted by Gasteiger charge is 2.25.